The molecule has 19 heavy (non-hydrogen) atoms. The first-order chi connectivity index (χ1) is 9.31. The lowest BCUT2D eigenvalue weighted by Gasteiger charge is -2.25. The molecule has 3 N–H and O–H groups in total. The molecule has 0 heterocycles. The third-order valence-electron chi connectivity index (χ3n) is 3.94. The Morgan fingerprint density at radius 1 is 1.21 bits per heavy atom. The smallest absolute Gasteiger partial charge is 0.136 e. The van der Waals surface area contributed by atoms with Gasteiger partial charge < -0.3 is 0 Å². The lowest BCUT2D eigenvalue weighted by Crippen LogP contribution is -2.42. The first-order valence-electron chi connectivity index (χ1n) is 7.14. The second-order valence-electron chi connectivity index (χ2n) is 5.27. The summed E-state index contributed by atoms with van der Waals surface area (Å²) in [6, 6.07) is 7.23. The van der Waals surface area contributed by atoms with E-state index in [1.54, 1.807) is 17.8 Å². The van der Waals surface area contributed by atoms with Gasteiger partial charge in [0.25, 0.3) is 0 Å². The number of hydrogen-bond acceptors (Lipinski definition) is 3. The Balaban J connectivity index is 1.90. The van der Waals surface area contributed by atoms with Crippen molar-refractivity contribution in [2.24, 2.45) is 11.8 Å². The number of nitrogens with two attached hydrogens (primary N) is 1. The highest BCUT2D eigenvalue weighted by atomic mass is 32.2. The van der Waals surface area contributed by atoms with Crippen molar-refractivity contribution in [2.45, 2.75) is 49.5 Å². The van der Waals surface area contributed by atoms with E-state index in [9.17, 15) is 4.39 Å². The van der Waals surface area contributed by atoms with E-state index in [1.807, 2.05) is 12.1 Å². The Hall–Kier alpha value is -0.580. The second kappa shape index (κ2) is 7.88. The Morgan fingerprint density at radius 2 is 1.89 bits per heavy atom. The number of hydrogen-bond donors (Lipinski definition) is 2. The summed E-state index contributed by atoms with van der Waals surface area (Å²) in [7, 11) is 0. The molecule has 106 valence electrons. The van der Waals surface area contributed by atoms with Crippen LogP contribution in [0.3, 0.4) is 0 Å². The van der Waals surface area contributed by atoms with Crippen LogP contribution in [0.2, 0.25) is 0 Å². The van der Waals surface area contributed by atoms with Gasteiger partial charge in [-0.05, 0) is 30.9 Å². The van der Waals surface area contributed by atoms with Crippen molar-refractivity contribution in [3.63, 3.8) is 0 Å². The van der Waals surface area contributed by atoms with Gasteiger partial charge in [-0.15, -0.1) is 11.8 Å². The summed E-state index contributed by atoms with van der Waals surface area (Å²) in [6.07, 6.45) is 7.77. The number of rotatable bonds is 5. The Labute approximate surface area is 119 Å². The molecule has 2 nitrogen and oxygen atoms in total. The molecule has 0 bridgehead atoms. The fourth-order valence-electron chi connectivity index (χ4n) is 2.77. The third-order valence-corrected chi connectivity index (χ3v) is 5.11. The molecule has 0 spiro atoms. The highest BCUT2D eigenvalue weighted by molar-refractivity contribution is 7.99. The maximum absolute atomic E-state index is 13.6. The van der Waals surface area contributed by atoms with Gasteiger partial charge in [-0.1, -0.05) is 37.8 Å². The molecule has 1 saturated carbocycles. The van der Waals surface area contributed by atoms with E-state index in [0.29, 0.717) is 5.92 Å². The Morgan fingerprint density at radius 3 is 2.53 bits per heavy atom. The summed E-state index contributed by atoms with van der Waals surface area (Å²) >= 11 is 1.56. The fourth-order valence-corrected chi connectivity index (χ4v) is 3.88. The zero-order valence-electron chi connectivity index (χ0n) is 11.3. The van der Waals surface area contributed by atoms with Gasteiger partial charge in [0.1, 0.15) is 5.82 Å². The van der Waals surface area contributed by atoms with Gasteiger partial charge >= 0.3 is 0 Å². The first kappa shape index (κ1) is 14.8. The van der Waals surface area contributed by atoms with Crippen LogP contribution in [0.1, 0.15) is 38.5 Å². The second-order valence-corrected chi connectivity index (χ2v) is 6.33. The number of thioether (sulfide) groups is 1. The molecule has 0 aliphatic heterocycles. The molecule has 0 amide bonds. The van der Waals surface area contributed by atoms with E-state index < -0.39 is 0 Å². The Bertz CT molecular complexity index is 378. The standard InChI is InChI=1S/C15H23FN2S/c16-13-9-5-6-10-15(13)19-11-14(18-17)12-7-3-1-2-4-8-12/h5-6,9-10,12,14,18H,1-4,7-8,11,17H2. The van der Waals surface area contributed by atoms with Crippen LogP contribution >= 0.6 is 11.8 Å². The first-order valence-corrected chi connectivity index (χ1v) is 8.13. The maximum Gasteiger partial charge on any atom is 0.136 e. The molecule has 1 unspecified atom stereocenters. The van der Waals surface area contributed by atoms with Crippen molar-refractivity contribution in [1.29, 1.82) is 0 Å². The summed E-state index contributed by atoms with van der Waals surface area (Å²) in [5.41, 5.74) is 2.95. The summed E-state index contributed by atoms with van der Waals surface area (Å²) in [5.74, 6) is 7.03. The minimum absolute atomic E-state index is 0.135. The van der Waals surface area contributed by atoms with E-state index in [4.69, 9.17) is 5.84 Å². The maximum atomic E-state index is 13.6. The molecular formula is C15H23FN2S. The van der Waals surface area contributed by atoms with Crippen LogP contribution in [0, 0.1) is 11.7 Å². The Kier molecular flexibility index (Phi) is 6.14. The number of benzene rings is 1. The number of hydrazine groups is 1. The largest absolute Gasteiger partial charge is 0.271 e. The average Bonchev–Trinajstić information content (AvgIpc) is 2.71. The fraction of sp³-hybridized carbons (Fsp3) is 0.600. The van der Waals surface area contributed by atoms with E-state index >= 15 is 0 Å². The van der Waals surface area contributed by atoms with Gasteiger partial charge in [0.15, 0.2) is 0 Å². The summed E-state index contributed by atoms with van der Waals surface area (Å²) < 4.78 is 13.6. The normalized spacial score (nSPS) is 19.1. The predicted molar refractivity (Wildman–Crippen MR) is 79.4 cm³/mol. The van der Waals surface area contributed by atoms with Crippen molar-refractivity contribution < 1.29 is 4.39 Å². The quantitative estimate of drug-likeness (QED) is 0.374. The van der Waals surface area contributed by atoms with E-state index in [0.717, 1.165) is 10.6 Å². The molecule has 1 atom stereocenters. The molecule has 1 fully saturated rings. The van der Waals surface area contributed by atoms with E-state index in [-0.39, 0.29) is 11.9 Å². The van der Waals surface area contributed by atoms with Gasteiger partial charge in [0, 0.05) is 16.7 Å². The molecule has 1 aromatic carbocycles. The van der Waals surface area contributed by atoms with Crippen LogP contribution in [-0.2, 0) is 0 Å². The molecule has 0 aromatic heterocycles. The van der Waals surface area contributed by atoms with Crippen LogP contribution < -0.4 is 11.3 Å². The molecule has 1 aromatic rings. The minimum Gasteiger partial charge on any atom is -0.271 e. The average molecular weight is 282 g/mol. The van der Waals surface area contributed by atoms with Crippen molar-refractivity contribution in [3.05, 3.63) is 30.1 Å². The summed E-state index contributed by atoms with van der Waals surface area (Å²) in [4.78, 5) is 0.719. The SMILES string of the molecule is NNC(CSc1ccccc1F)C1CCCCCC1. The molecule has 1 aliphatic rings. The molecule has 1 aliphatic carbocycles. The van der Waals surface area contributed by atoms with E-state index in [1.165, 1.54) is 44.6 Å². The molecule has 4 heteroatoms. The van der Waals surface area contributed by atoms with Crippen molar-refractivity contribution in [2.75, 3.05) is 5.75 Å². The molecular weight excluding hydrogens is 259 g/mol. The van der Waals surface area contributed by atoms with Crippen LogP contribution in [0.5, 0.6) is 0 Å². The predicted octanol–water partition coefficient (Wildman–Crippen LogP) is 3.72. The minimum atomic E-state index is -0.135. The highest BCUT2D eigenvalue weighted by Crippen LogP contribution is 2.29. The van der Waals surface area contributed by atoms with Crippen molar-refractivity contribution >= 4 is 11.8 Å². The van der Waals surface area contributed by atoms with Gasteiger partial charge in [-0.3, -0.25) is 11.3 Å². The van der Waals surface area contributed by atoms with Gasteiger partial charge in [0.2, 0.25) is 0 Å². The van der Waals surface area contributed by atoms with Gasteiger partial charge in [-0.25, -0.2) is 4.39 Å². The zero-order valence-corrected chi connectivity index (χ0v) is 12.1. The van der Waals surface area contributed by atoms with Gasteiger partial charge in [-0.2, -0.15) is 0 Å². The molecule has 0 saturated heterocycles. The van der Waals surface area contributed by atoms with Crippen LogP contribution in [0.15, 0.2) is 29.2 Å². The molecule has 2 rings (SSSR count). The highest BCUT2D eigenvalue weighted by Gasteiger charge is 2.22. The van der Waals surface area contributed by atoms with Crippen LogP contribution in [-0.4, -0.2) is 11.8 Å². The monoisotopic (exact) mass is 282 g/mol. The topological polar surface area (TPSA) is 38.0 Å². The van der Waals surface area contributed by atoms with E-state index in [2.05, 4.69) is 5.43 Å². The van der Waals surface area contributed by atoms with Crippen LogP contribution in [0.25, 0.3) is 0 Å². The zero-order chi connectivity index (χ0) is 13.5. The van der Waals surface area contributed by atoms with Crippen molar-refractivity contribution in [3.8, 4) is 0 Å². The van der Waals surface area contributed by atoms with Crippen LogP contribution in [0.4, 0.5) is 4.39 Å². The number of nitrogens with one attached hydrogen (secondary N) is 1. The van der Waals surface area contributed by atoms with Gasteiger partial charge in [0.05, 0.1) is 0 Å². The lowest BCUT2D eigenvalue weighted by molar-refractivity contribution is 0.346. The summed E-state index contributed by atoms with van der Waals surface area (Å²) in [5, 5.41) is 0. The lowest BCUT2D eigenvalue weighted by atomic mass is 9.93. The molecule has 0 radical (unpaired) electrons. The number of halogens is 1. The summed E-state index contributed by atoms with van der Waals surface area (Å²) in [6.45, 7) is 0. The van der Waals surface area contributed by atoms with Crippen molar-refractivity contribution in [1.82, 2.24) is 5.43 Å². The third kappa shape index (κ3) is 4.48.